The van der Waals surface area contributed by atoms with Crippen molar-refractivity contribution in [2.24, 2.45) is 0 Å². The first-order chi connectivity index (χ1) is 18.0. The second-order valence-electron chi connectivity index (χ2n) is 9.35. The average Bonchev–Trinajstić information content (AvgIpc) is 3.22. The van der Waals surface area contributed by atoms with Crippen LogP contribution in [0.2, 0.25) is 5.02 Å². The lowest BCUT2D eigenvalue weighted by Crippen LogP contribution is -2.33. The SMILES string of the molecule is CCN(CC)Cc1ccc2c(c1)Oc1ccc(Nc3ccc(Cl)cc3)cc1C21OC(=O)c2ccccc21. The lowest BCUT2D eigenvalue weighted by Gasteiger charge is -2.37. The van der Waals surface area contributed by atoms with Crippen LogP contribution in [0.1, 0.15) is 46.5 Å². The third kappa shape index (κ3) is 3.95. The van der Waals surface area contributed by atoms with Gasteiger partial charge >= 0.3 is 5.97 Å². The lowest BCUT2D eigenvalue weighted by atomic mass is 9.77. The van der Waals surface area contributed by atoms with Crippen molar-refractivity contribution < 1.29 is 14.3 Å². The fourth-order valence-corrected chi connectivity index (χ4v) is 5.42. The topological polar surface area (TPSA) is 50.8 Å². The Hall–Kier alpha value is -3.80. The summed E-state index contributed by atoms with van der Waals surface area (Å²) in [6, 6.07) is 27.3. The fraction of sp³-hybridized carbons (Fsp3) is 0.194. The maximum atomic E-state index is 13.2. The van der Waals surface area contributed by atoms with E-state index in [1.165, 1.54) is 0 Å². The lowest BCUT2D eigenvalue weighted by molar-refractivity contribution is 0.0224. The first-order valence-corrected chi connectivity index (χ1v) is 12.9. The number of hydrogen-bond donors (Lipinski definition) is 1. The van der Waals surface area contributed by atoms with Gasteiger partial charge in [0.2, 0.25) is 0 Å². The first kappa shape index (κ1) is 23.6. The summed E-state index contributed by atoms with van der Waals surface area (Å²) in [6.07, 6.45) is 0. The maximum absolute atomic E-state index is 13.2. The number of fused-ring (bicyclic) bond motifs is 6. The van der Waals surface area contributed by atoms with Crippen LogP contribution in [0.4, 0.5) is 11.4 Å². The number of nitrogens with one attached hydrogen (secondary N) is 1. The fourth-order valence-electron chi connectivity index (χ4n) is 5.30. The molecule has 0 radical (unpaired) electrons. The standard InChI is InChI=1S/C31H27ClN2O3/c1-3-34(4-2)19-20-9-15-26-29(17-20)36-28-16-14-23(33-22-12-10-21(32)11-13-22)18-27(28)31(26)25-8-6-5-7-24(25)30(35)37-31/h5-18,33H,3-4,19H2,1-2H3. The van der Waals surface area contributed by atoms with Crippen LogP contribution in [0.3, 0.4) is 0 Å². The maximum Gasteiger partial charge on any atom is 0.340 e. The van der Waals surface area contributed by atoms with Crippen molar-refractivity contribution >= 4 is 28.9 Å². The van der Waals surface area contributed by atoms with Gasteiger partial charge < -0.3 is 14.8 Å². The van der Waals surface area contributed by atoms with E-state index in [2.05, 4.69) is 36.2 Å². The second kappa shape index (κ2) is 9.25. The van der Waals surface area contributed by atoms with Crippen molar-refractivity contribution in [3.8, 4) is 11.5 Å². The Morgan fingerprint density at radius 2 is 1.57 bits per heavy atom. The molecular formula is C31H27ClN2O3. The molecule has 2 aliphatic heterocycles. The largest absolute Gasteiger partial charge is 0.456 e. The third-order valence-electron chi connectivity index (χ3n) is 7.21. The number of benzene rings is 4. The molecule has 186 valence electrons. The van der Waals surface area contributed by atoms with Gasteiger partial charge in [-0.05, 0) is 73.3 Å². The molecule has 1 atom stereocenters. The second-order valence-corrected chi connectivity index (χ2v) is 9.79. The Morgan fingerprint density at radius 1 is 0.811 bits per heavy atom. The molecule has 0 amide bonds. The number of carbonyl (C=O) groups excluding carboxylic acids is 1. The van der Waals surface area contributed by atoms with Crippen molar-refractivity contribution in [2.75, 3.05) is 18.4 Å². The monoisotopic (exact) mass is 510 g/mol. The molecule has 0 bridgehead atoms. The molecule has 0 aliphatic carbocycles. The van der Waals surface area contributed by atoms with Gasteiger partial charge in [-0.3, -0.25) is 4.90 Å². The molecular weight excluding hydrogens is 484 g/mol. The van der Waals surface area contributed by atoms with Crippen LogP contribution in [0.5, 0.6) is 11.5 Å². The zero-order valence-corrected chi connectivity index (χ0v) is 21.5. The van der Waals surface area contributed by atoms with Crippen molar-refractivity contribution in [2.45, 2.75) is 26.0 Å². The van der Waals surface area contributed by atoms with Crippen molar-refractivity contribution in [1.29, 1.82) is 0 Å². The predicted octanol–water partition coefficient (Wildman–Crippen LogP) is 7.49. The summed E-state index contributed by atoms with van der Waals surface area (Å²) in [7, 11) is 0. The molecule has 1 unspecified atom stereocenters. The van der Waals surface area contributed by atoms with Crippen LogP contribution in [0, 0.1) is 0 Å². The average molecular weight is 511 g/mol. The van der Waals surface area contributed by atoms with E-state index in [0.717, 1.165) is 53.3 Å². The van der Waals surface area contributed by atoms with E-state index in [1.807, 2.05) is 72.8 Å². The summed E-state index contributed by atoms with van der Waals surface area (Å²) in [5, 5.41) is 4.11. The Labute approximate surface area is 221 Å². The van der Waals surface area contributed by atoms with Gasteiger partial charge in [0.25, 0.3) is 0 Å². The number of ether oxygens (including phenoxy) is 2. The minimum absolute atomic E-state index is 0.335. The highest BCUT2D eigenvalue weighted by molar-refractivity contribution is 6.30. The van der Waals surface area contributed by atoms with Gasteiger partial charge in [0, 0.05) is 39.6 Å². The smallest absolute Gasteiger partial charge is 0.340 e. The van der Waals surface area contributed by atoms with Crippen LogP contribution >= 0.6 is 11.6 Å². The summed E-state index contributed by atoms with van der Waals surface area (Å²) < 4.78 is 12.8. The van der Waals surface area contributed by atoms with Gasteiger partial charge in [0.05, 0.1) is 5.56 Å². The summed E-state index contributed by atoms with van der Waals surface area (Å²) in [6.45, 7) is 7.08. The number of hydrogen-bond acceptors (Lipinski definition) is 5. The normalized spacial score (nSPS) is 17.1. The van der Waals surface area contributed by atoms with E-state index in [1.54, 1.807) is 0 Å². The van der Waals surface area contributed by atoms with Gasteiger partial charge in [-0.1, -0.05) is 55.8 Å². The molecule has 4 aromatic rings. The van der Waals surface area contributed by atoms with Crippen molar-refractivity contribution in [3.63, 3.8) is 0 Å². The van der Waals surface area contributed by atoms with Crippen LogP contribution < -0.4 is 10.1 Å². The van der Waals surface area contributed by atoms with E-state index in [0.29, 0.717) is 22.1 Å². The van der Waals surface area contributed by atoms with Gasteiger partial charge in [-0.2, -0.15) is 0 Å². The summed E-state index contributed by atoms with van der Waals surface area (Å²) in [5.41, 5.74) is 4.82. The molecule has 0 fully saturated rings. The summed E-state index contributed by atoms with van der Waals surface area (Å²) in [4.78, 5) is 15.5. The van der Waals surface area contributed by atoms with Gasteiger partial charge in [0.1, 0.15) is 11.5 Å². The van der Waals surface area contributed by atoms with Gasteiger partial charge in [-0.25, -0.2) is 4.79 Å². The van der Waals surface area contributed by atoms with Crippen LogP contribution in [0.15, 0.2) is 84.9 Å². The molecule has 0 saturated carbocycles. The highest BCUT2D eigenvalue weighted by atomic mass is 35.5. The van der Waals surface area contributed by atoms with Crippen LogP contribution in [-0.2, 0) is 16.9 Å². The number of esters is 1. The van der Waals surface area contributed by atoms with E-state index in [9.17, 15) is 4.79 Å². The Morgan fingerprint density at radius 3 is 2.35 bits per heavy atom. The minimum Gasteiger partial charge on any atom is -0.456 e. The Kier molecular flexibility index (Phi) is 5.90. The molecule has 0 saturated heterocycles. The summed E-state index contributed by atoms with van der Waals surface area (Å²) >= 11 is 6.06. The zero-order chi connectivity index (χ0) is 25.6. The van der Waals surface area contributed by atoms with Gasteiger partial charge in [0.15, 0.2) is 5.60 Å². The Balaban J connectivity index is 1.50. The number of nitrogens with zero attached hydrogens (tertiary/aromatic N) is 1. The van der Waals surface area contributed by atoms with Crippen LogP contribution in [0.25, 0.3) is 0 Å². The van der Waals surface area contributed by atoms with Crippen molar-refractivity contribution in [3.05, 3.63) is 118 Å². The highest BCUT2D eigenvalue weighted by Gasteiger charge is 2.53. The quantitative estimate of drug-likeness (QED) is 0.272. The molecule has 4 aromatic carbocycles. The Bertz CT molecular complexity index is 1500. The molecule has 6 heteroatoms. The molecule has 1 N–H and O–H groups in total. The van der Waals surface area contributed by atoms with E-state index in [-0.39, 0.29) is 5.97 Å². The van der Waals surface area contributed by atoms with E-state index >= 15 is 0 Å². The van der Waals surface area contributed by atoms with E-state index < -0.39 is 5.60 Å². The van der Waals surface area contributed by atoms with Gasteiger partial charge in [-0.15, -0.1) is 0 Å². The summed E-state index contributed by atoms with van der Waals surface area (Å²) in [5.74, 6) is 1.04. The molecule has 0 aromatic heterocycles. The molecule has 1 spiro atoms. The number of halogens is 1. The zero-order valence-electron chi connectivity index (χ0n) is 20.8. The molecule has 2 heterocycles. The first-order valence-electron chi connectivity index (χ1n) is 12.6. The number of anilines is 2. The highest BCUT2D eigenvalue weighted by Crippen LogP contribution is 2.56. The predicted molar refractivity (Wildman–Crippen MR) is 146 cm³/mol. The molecule has 2 aliphatic rings. The van der Waals surface area contributed by atoms with Crippen LogP contribution in [-0.4, -0.2) is 24.0 Å². The van der Waals surface area contributed by atoms with Crippen molar-refractivity contribution in [1.82, 2.24) is 4.90 Å². The molecule has 6 rings (SSSR count). The third-order valence-corrected chi connectivity index (χ3v) is 7.46. The number of carbonyl (C=O) groups is 1. The minimum atomic E-state index is -1.10. The van der Waals surface area contributed by atoms with E-state index in [4.69, 9.17) is 21.1 Å². The molecule has 5 nitrogen and oxygen atoms in total. The number of rotatable bonds is 6. The molecule has 37 heavy (non-hydrogen) atoms.